The first-order valence-electron chi connectivity index (χ1n) is 6.48. The lowest BCUT2D eigenvalue weighted by Gasteiger charge is -2.29. The highest BCUT2D eigenvalue weighted by atomic mass is 19.1. The molecule has 0 saturated carbocycles. The molecule has 1 aromatic carbocycles. The summed E-state index contributed by atoms with van der Waals surface area (Å²) in [6.45, 7) is 4.23. The van der Waals surface area contributed by atoms with Gasteiger partial charge in [-0.3, -0.25) is 0 Å². The predicted octanol–water partition coefficient (Wildman–Crippen LogP) is 3.09. The van der Waals surface area contributed by atoms with Crippen LogP contribution in [0.25, 0.3) is 0 Å². The molecular formula is C16H20FNO. The first-order chi connectivity index (χ1) is 9.01. The molecule has 1 aliphatic carbocycles. The van der Waals surface area contributed by atoms with Crippen molar-refractivity contribution in [3.8, 4) is 0 Å². The summed E-state index contributed by atoms with van der Waals surface area (Å²) in [6.07, 6.45) is 5.35. The second-order valence-corrected chi connectivity index (χ2v) is 5.53. The van der Waals surface area contributed by atoms with Gasteiger partial charge in [0.1, 0.15) is 6.67 Å². The van der Waals surface area contributed by atoms with Crippen LogP contribution in [0.1, 0.15) is 25.0 Å². The minimum atomic E-state index is -0.478. The van der Waals surface area contributed by atoms with Crippen LogP contribution in [0.15, 0.2) is 48.2 Å². The Bertz CT molecular complexity index is 488. The third-order valence-corrected chi connectivity index (χ3v) is 3.47. The Hall–Kier alpha value is -1.61. The summed E-state index contributed by atoms with van der Waals surface area (Å²) in [5, 5.41) is 13.2. The average molecular weight is 261 g/mol. The van der Waals surface area contributed by atoms with Crippen LogP contribution < -0.4 is 5.32 Å². The third-order valence-electron chi connectivity index (χ3n) is 3.47. The standard InChI is InChI=1S/C16H20FNO/c1-16(2)8-7-14(9-15(16)19)18-11-13-5-3-12(10-17)4-6-13/h3-9,15,18-19H,10-11H2,1-2H3. The molecule has 0 radical (unpaired) electrons. The van der Waals surface area contributed by atoms with Gasteiger partial charge in [-0.15, -0.1) is 0 Å². The summed E-state index contributed by atoms with van der Waals surface area (Å²) >= 11 is 0. The molecule has 2 rings (SSSR count). The van der Waals surface area contributed by atoms with Crippen LogP contribution in [0.4, 0.5) is 4.39 Å². The summed E-state index contributed by atoms with van der Waals surface area (Å²) in [6, 6.07) is 7.41. The molecule has 0 spiro atoms. The Kier molecular flexibility index (Phi) is 4.05. The maximum Gasteiger partial charge on any atom is 0.115 e. The fourth-order valence-corrected chi connectivity index (χ4v) is 1.91. The van der Waals surface area contributed by atoms with Gasteiger partial charge >= 0.3 is 0 Å². The van der Waals surface area contributed by atoms with E-state index in [1.165, 1.54) is 0 Å². The van der Waals surface area contributed by atoms with E-state index >= 15 is 0 Å². The molecule has 3 heteroatoms. The summed E-state index contributed by atoms with van der Waals surface area (Å²) in [5.41, 5.74) is 2.48. The van der Waals surface area contributed by atoms with Crippen LogP contribution in [-0.2, 0) is 13.2 Å². The van der Waals surface area contributed by atoms with Gasteiger partial charge in [0.2, 0.25) is 0 Å². The number of hydrogen-bond donors (Lipinski definition) is 2. The van der Waals surface area contributed by atoms with Crippen LogP contribution in [-0.4, -0.2) is 11.2 Å². The summed E-state index contributed by atoms with van der Waals surface area (Å²) in [4.78, 5) is 0. The Morgan fingerprint density at radius 2 is 1.84 bits per heavy atom. The van der Waals surface area contributed by atoms with Gasteiger partial charge in [0.25, 0.3) is 0 Å². The molecule has 0 heterocycles. The van der Waals surface area contributed by atoms with E-state index in [9.17, 15) is 9.50 Å². The van der Waals surface area contributed by atoms with Gasteiger partial charge in [-0.05, 0) is 23.3 Å². The summed E-state index contributed by atoms with van der Waals surface area (Å²) in [5.74, 6) is 0. The van der Waals surface area contributed by atoms with E-state index in [4.69, 9.17) is 0 Å². The molecule has 1 aromatic rings. The normalized spacial score (nSPS) is 21.1. The fraction of sp³-hybridized carbons (Fsp3) is 0.375. The molecule has 102 valence electrons. The quantitative estimate of drug-likeness (QED) is 0.873. The second-order valence-electron chi connectivity index (χ2n) is 5.53. The first-order valence-corrected chi connectivity index (χ1v) is 6.48. The zero-order valence-corrected chi connectivity index (χ0v) is 11.4. The largest absolute Gasteiger partial charge is 0.388 e. The lowest BCUT2D eigenvalue weighted by Crippen LogP contribution is -2.30. The van der Waals surface area contributed by atoms with E-state index in [2.05, 4.69) is 5.32 Å². The number of hydrogen-bond acceptors (Lipinski definition) is 2. The summed E-state index contributed by atoms with van der Waals surface area (Å²) in [7, 11) is 0. The highest BCUT2D eigenvalue weighted by molar-refractivity contribution is 5.29. The van der Waals surface area contributed by atoms with Crippen molar-refractivity contribution >= 4 is 0 Å². The molecule has 2 N–H and O–H groups in total. The van der Waals surface area contributed by atoms with Crippen molar-refractivity contribution in [2.75, 3.05) is 0 Å². The summed E-state index contributed by atoms with van der Waals surface area (Å²) < 4.78 is 12.4. The number of allylic oxidation sites excluding steroid dienone is 1. The van der Waals surface area contributed by atoms with Crippen molar-refractivity contribution in [3.63, 3.8) is 0 Å². The second kappa shape index (κ2) is 5.57. The predicted molar refractivity (Wildman–Crippen MR) is 75.1 cm³/mol. The zero-order valence-electron chi connectivity index (χ0n) is 11.4. The number of alkyl halides is 1. The minimum Gasteiger partial charge on any atom is -0.388 e. The highest BCUT2D eigenvalue weighted by Crippen LogP contribution is 2.28. The van der Waals surface area contributed by atoms with E-state index in [0.29, 0.717) is 12.1 Å². The van der Waals surface area contributed by atoms with Crippen molar-refractivity contribution in [3.05, 3.63) is 59.3 Å². The van der Waals surface area contributed by atoms with Crippen LogP contribution in [0.3, 0.4) is 0 Å². The smallest absolute Gasteiger partial charge is 0.115 e. The van der Waals surface area contributed by atoms with Crippen molar-refractivity contribution in [1.82, 2.24) is 5.32 Å². The Morgan fingerprint density at radius 1 is 1.21 bits per heavy atom. The molecule has 0 bridgehead atoms. The number of halogens is 1. The van der Waals surface area contributed by atoms with E-state index in [1.807, 2.05) is 44.2 Å². The van der Waals surface area contributed by atoms with E-state index in [-0.39, 0.29) is 5.41 Å². The lowest BCUT2D eigenvalue weighted by molar-refractivity contribution is 0.122. The molecule has 1 atom stereocenters. The van der Waals surface area contributed by atoms with Crippen LogP contribution >= 0.6 is 0 Å². The molecule has 2 nitrogen and oxygen atoms in total. The monoisotopic (exact) mass is 261 g/mol. The van der Waals surface area contributed by atoms with Crippen molar-refractivity contribution in [2.45, 2.75) is 33.2 Å². The van der Waals surface area contributed by atoms with E-state index in [0.717, 1.165) is 11.3 Å². The van der Waals surface area contributed by atoms with Gasteiger partial charge in [0.15, 0.2) is 0 Å². The Labute approximate surface area is 113 Å². The molecule has 0 aliphatic heterocycles. The molecule has 0 aromatic heterocycles. The topological polar surface area (TPSA) is 32.3 Å². The van der Waals surface area contributed by atoms with Gasteiger partial charge in [0.05, 0.1) is 6.10 Å². The van der Waals surface area contributed by atoms with Crippen LogP contribution in [0.5, 0.6) is 0 Å². The maximum absolute atomic E-state index is 12.4. The SMILES string of the molecule is CC1(C)C=CC(NCc2ccc(CF)cc2)=CC1O. The maximum atomic E-state index is 12.4. The number of benzene rings is 1. The Balaban J connectivity index is 1.94. The van der Waals surface area contributed by atoms with E-state index < -0.39 is 12.8 Å². The first kappa shape index (κ1) is 13.8. The van der Waals surface area contributed by atoms with Crippen molar-refractivity contribution in [2.24, 2.45) is 5.41 Å². The molecular weight excluding hydrogens is 241 g/mol. The number of nitrogens with one attached hydrogen (secondary N) is 1. The van der Waals surface area contributed by atoms with Gasteiger partial charge in [-0.1, -0.05) is 44.2 Å². The fourth-order valence-electron chi connectivity index (χ4n) is 1.91. The molecule has 0 fully saturated rings. The van der Waals surface area contributed by atoms with Gasteiger partial charge < -0.3 is 10.4 Å². The molecule has 1 unspecified atom stereocenters. The van der Waals surface area contributed by atoms with Crippen molar-refractivity contribution in [1.29, 1.82) is 0 Å². The highest BCUT2D eigenvalue weighted by Gasteiger charge is 2.26. The minimum absolute atomic E-state index is 0.214. The number of aliphatic hydroxyl groups is 1. The van der Waals surface area contributed by atoms with Gasteiger partial charge in [0, 0.05) is 17.7 Å². The number of aliphatic hydroxyl groups excluding tert-OH is 1. The van der Waals surface area contributed by atoms with Gasteiger partial charge in [-0.2, -0.15) is 0 Å². The molecule has 0 amide bonds. The van der Waals surface area contributed by atoms with Gasteiger partial charge in [-0.25, -0.2) is 4.39 Å². The average Bonchev–Trinajstić information content (AvgIpc) is 2.41. The molecule has 0 saturated heterocycles. The van der Waals surface area contributed by atoms with Crippen LogP contribution in [0, 0.1) is 5.41 Å². The number of rotatable bonds is 4. The Morgan fingerprint density at radius 3 is 2.42 bits per heavy atom. The van der Waals surface area contributed by atoms with Crippen molar-refractivity contribution < 1.29 is 9.50 Å². The van der Waals surface area contributed by atoms with Crippen LogP contribution in [0.2, 0.25) is 0 Å². The zero-order chi connectivity index (χ0) is 13.9. The lowest BCUT2D eigenvalue weighted by atomic mass is 9.82. The van der Waals surface area contributed by atoms with E-state index in [1.54, 1.807) is 12.1 Å². The molecule has 19 heavy (non-hydrogen) atoms. The molecule has 1 aliphatic rings. The third kappa shape index (κ3) is 3.44.